The van der Waals surface area contributed by atoms with Crippen LogP contribution in [0.5, 0.6) is 0 Å². The van der Waals surface area contributed by atoms with E-state index in [4.69, 9.17) is 21.1 Å². The molecular formula is C20H27N5O4. The molecule has 0 aromatic heterocycles. The Bertz CT molecular complexity index is 787. The Kier molecular flexibility index (Phi) is 6.82. The van der Waals surface area contributed by atoms with Gasteiger partial charge < -0.3 is 25.9 Å². The van der Waals surface area contributed by atoms with Crippen molar-refractivity contribution in [2.24, 2.45) is 10.9 Å². The van der Waals surface area contributed by atoms with Gasteiger partial charge >= 0.3 is 5.97 Å². The summed E-state index contributed by atoms with van der Waals surface area (Å²) < 4.78 is 0. The van der Waals surface area contributed by atoms with Crippen molar-refractivity contribution >= 4 is 23.4 Å². The Balaban J connectivity index is 1.49. The molecule has 2 aliphatic heterocycles. The third kappa shape index (κ3) is 6.02. The molecule has 2 atom stereocenters. The first-order valence-electron chi connectivity index (χ1n) is 9.81. The first kappa shape index (κ1) is 20.8. The van der Waals surface area contributed by atoms with Crippen molar-refractivity contribution in [2.45, 2.75) is 44.2 Å². The van der Waals surface area contributed by atoms with Crippen LogP contribution in [0.2, 0.25) is 0 Å². The normalized spacial score (nSPS) is 20.0. The minimum absolute atomic E-state index is 0.000513. The molecule has 1 aromatic carbocycles. The second-order valence-corrected chi connectivity index (χ2v) is 7.53. The average molecular weight is 401 g/mol. The van der Waals surface area contributed by atoms with Crippen LogP contribution >= 0.6 is 0 Å². The lowest BCUT2D eigenvalue weighted by atomic mass is 10.0. The average Bonchev–Trinajstić information content (AvgIpc) is 3.33. The molecule has 9 heteroatoms. The van der Waals surface area contributed by atoms with Gasteiger partial charge in [0.2, 0.25) is 5.91 Å². The summed E-state index contributed by atoms with van der Waals surface area (Å²) in [5, 5.41) is 23.5. The van der Waals surface area contributed by atoms with Crippen molar-refractivity contribution in [3.05, 3.63) is 35.4 Å². The fourth-order valence-electron chi connectivity index (χ4n) is 3.69. The van der Waals surface area contributed by atoms with Crippen molar-refractivity contribution in [1.82, 2.24) is 10.2 Å². The van der Waals surface area contributed by atoms with Gasteiger partial charge in [-0.25, -0.2) is 0 Å². The maximum absolute atomic E-state index is 12.4. The highest BCUT2D eigenvalue weighted by atomic mass is 16.6. The molecule has 1 amide bonds. The highest BCUT2D eigenvalue weighted by molar-refractivity contribution is 6.02. The maximum Gasteiger partial charge on any atom is 0.305 e. The lowest BCUT2D eigenvalue weighted by molar-refractivity contribution is -0.137. The molecule has 0 spiro atoms. The van der Waals surface area contributed by atoms with Crippen LogP contribution in [0.1, 0.15) is 43.2 Å². The van der Waals surface area contributed by atoms with Crippen LogP contribution in [0.4, 0.5) is 0 Å². The third-order valence-corrected chi connectivity index (χ3v) is 5.14. The monoisotopic (exact) mass is 401 g/mol. The summed E-state index contributed by atoms with van der Waals surface area (Å²) in [7, 11) is 0. The Hall–Kier alpha value is -2.94. The van der Waals surface area contributed by atoms with E-state index in [1.807, 2.05) is 12.1 Å². The van der Waals surface area contributed by atoms with Crippen molar-refractivity contribution in [3.63, 3.8) is 0 Å². The van der Waals surface area contributed by atoms with Crippen molar-refractivity contribution < 1.29 is 19.5 Å². The van der Waals surface area contributed by atoms with Crippen LogP contribution < -0.4 is 11.1 Å². The standard InChI is InChI=1S/C20H27N5O4/c21-20(22)14-5-3-13(4-6-14)17-10-16(29-24-17)11-18(26)23-15(9-19(27)28)12-25-7-1-2-8-25/h3-6,15-16H,1-2,7-12H2,(H3,21,22)(H,23,26)(H,27,28). The number of nitrogen functional groups attached to an aromatic ring is 1. The van der Waals surface area contributed by atoms with E-state index in [1.165, 1.54) is 0 Å². The van der Waals surface area contributed by atoms with Crippen molar-refractivity contribution in [1.29, 1.82) is 5.41 Å². The highest BCUT2D eigenvalue weighted by Gasteiger charge is 2.27. The zero-order valence-corrected chi connectivity index (χ0v) is 16.3. The van der Waals surface area contributed by atoms with Gasteiger partial charge in [-0.1, -0.05) is 29.4 Å². The maximum atomic E-state index is 12.4. The lowest BCUT2D eigenvalue weighted by Crippen LogP contribution is -2.45. The molecule has 156 valence electrons. The number of nitrogens with two attached hydrogens (primary N) is 1. The van der Waals surface area contributed by atoms with E-state index in [2.05, 4.69) is 15.4 Å². The van der Waals surface area contributed by atoms with E-state index < -0.39 is 12.0 Å². The number of carboxylic acid groups (broad SMARTS) is 1. The van der Waals surface area contributed by atoms with Crippen LogP contribution in [-0.4, -0.2) is 65.2 Å². The number of carbonyl (C=O) groups is 2. The zero-order valence-electron chi connectivity index (χ0n) is 16.3. The predicted octanol–water partition coefficient (Wildman–Crippen LogP) is 0.909. The number of hydrogen-bond donors (Lipinski definition) is 4. The number of hydrogen-bond acceptors (Lipinski definition) is 6. The number of aliphatic carboxylic acids is 1. The number of nitrogens with zero attached hydrogens (tertiary/aromatic N) is 2. The van der Waals surface area contributed by atoms with Gasteiger partial charge in [-0.3, -0.25) is 15.0 Å². The topological polar surface area (TPSA) is 141 Å². The van der Waals surface area contributed by atoms with Gasteiger partial charge in [-0.15, -0.1) is 0 Å². The fraction of sp³-hybridized carbons (Fsp3) is 0.500. The molecule has 0 saturated carbocycles. The van der Waals surface area contributed by atoms with Crippen molar-refractivity contribution in [2.75, 3.05) is 19.6 Å². The molecule has 9 nitrogen and oxygen atoms in total. The summed E-state index contributed by atoms with van der Waals surface area (Å²) >= 11 is 0. The molecule has 2 heterocycles. The number of amidine groups is 1. The van der Waals surface area contributed by atoms with Crippen LogP contribution in [0.3, 0.4) is 0 Å². The second kappa shape index (κ2) is 9.51. The van der Waals surface area contributed by atoms with Gasteiger partial charge in [0.25, 0.3) is 0 Å². The van der Waals surface area contributed by atoms with Gasteiger partial charge in [-0.2, -0.15) is 0 Å². The Morgan fingerprint density at radius 1 is 1.31 bits per heavy atom. The number of nitrogens with one attached hydrogen (secondary N) is 2. The molecule has 0 radical (unpaired) electrons. The van der Waals surface area contributed by atoms with E-state index in [1.54, 1.807) is 12.1 Å². The van der Waals surface area contributed by atoms with E-state index in [0.717, 1.165) is 37.2 Å². The molecular weight excluding hydrogens is 374 g/mol. The molecule has 0 bridgehead atoms. The number of oxime groups is 1. The molecule has 2 aliphatic rings. The predicted molar refractivity (Wildman–Crippen MR) is 108 cm³/mol. The second-order valence-electron chi connectivity index (χ2n) is 7.53. The number of carboxylic acids is 1. The fourth-order valence-corrected chi connectivity index (χ4v) is 3.69. The molecule has 5 N–H and O–H groups in total. The first-order valence-corrected chi connectivity index (χ1v) is 9.81. The van der Waals surface area contributed by atoms with E-state index in [9.17, 15) is 9.59 Å². The van der Waals surface area contributed by atoms with Crippen LogP contribution in [0, 0.1) is 5.41 Å². The largest absolute Gasteiger partial charge is 0.481 e. The third-order valence-electron chi connectivity index (χ3n) is 5.14. The molecule has 1 fully saturated rings. The summed E-state index contributed by atoms with van der Waals surface area (Å²) in [6.07, 6.45) is 2.35. The van der Waals surface area contributed by atoms with E-state index >= 15 is 0 Å². The van der Waals surface area contributed by atoms with Crippen LogP contribution in [0.15, 0.2) is 29.4 Å². The number of carbonyl (C=O) groups excluding carboxylic acids is 1. The number of likely N-dealkylation sites (tertiary alicyclic amines) is 1. The van der Waals surface area contributed by atoms with Gasteiger partial charge in [0, 0.05) is 18.5 Å². The Morgan fingerprint density at radius 2 is 2.00 bits per heavy atom. The minimum atomic E-state index is -0.925. The highest BCUT2D eigenvalue weighted by Crippen LogP contribution is 2.19. The number of benzene rings is 1. The van der Waals surface area contributed by atoms with E-state index in [-0.39, 0.29) is 30.7 Å². The molecule has 1 saturated heterocycles. The summed E-state index contributed by atoms with van der Waals surface area (Å²) in [4.78, 5) is 31.2. The van der Waals surface area contributed by atoms with Crippen molar-refractivity contribution in [3.8, 4) is 0 Å². The molecule has 0 aliphatic carbocycles. The Morgan fingerprint density at radius 3 is 2.62 bits per heavy atom. The van der Waals surface area contributed by atoms with E-state index in [0.29, 0.717) is 18.5 Å². The lowest BCUT2D eigenvalue weighted by Gasteiger charge is -2.23. The quantitative estimate of drug-likeness (QED) is 0.358. The SMILES string of the molecule is N=C(N)c1ccc(C2=NOC(CC(=O)NC(CC(=O)O)CN3CCCC3)C2)cc1. The first-order chi connectivity index (χ1) is 13.9. The molecule has 3 rings (SSSR count). The summed E-state index contributed by atoms with van der Waals surface area (Å²) in [6.45, 7) is 2.43. The number of rotatable bonds is 9. The number of amides is 1. The van der Waals surface area contributed by atoms with Gasteiger partial charge in [0.15, 0.2) is 0 Å². The zero-order chi connectivity index (χ0) is 20.8. The summed E-state index contributed by atoms with van der Waals surface area (Å²) in [5.74, 6) is -1.16. The van der Waals surface area contributed by atoms with Crippen LogP contribution in [-0.2, 0) is 14.4 Å². The molecule has 2 unspecified atom stereocenters. The van der Waals surface area contributed by atoms with Gasteiger partial charge in [0.1, 0.15) is 11.9 Å². The molecule has 1 aromatic rings. The minimum Gasteiger partial charge on any atom is -0.481 e. The smallest absolute Gasteiger partial charge is 0.305 e. The van der Waals surface area contributed by atoms with Gasteiger partial charge in [-0.05, 0) is 31.5 Å². The van der Waals surface area contributed by atoms with Gasteiger partial charge in [0.05, 0.1) is 24.6 Å². The summed E-state index contributed by atoms with van der Waals surface area (Å²) in [5.41, 5.74) is 7.68. The Labute approximate surface area is 169 Å². The summed E-state index contributed by atoms with van der Waals surface area (Å²) in [6, 6.07) is 6.71. The molecule has 29 heavy (non-hydrogen) atoms. The van der Waals surface area contributed by atoms with Crippen LogP contribution in [0.25, 0.3) is 0 Å².